The highest BCUT2D eigenvalue weighted by atomic mass is 19.4. The van der Waals surface area contributed by atoms with Gasteiger partial charge < -0.3 is 10.1 Å². The van der Waals surface area contributed by atoms with Gasteiger partial charge in [-0.15, -0.1) is 0 Å². The SMILES string of the molecule is N#Cc1ccc(OCC(=O)N[C@H]2CCC[C@H](C(F)(F)F)C2)cc1. The second kappa shape index (κ2) is 7.36. The van der Waals surface area contributed by atoms with Crippen LogP contribution in [0.4, 0.5) is 13.2 Å². The Kier molecular flexibility index (Phi) is 5.48. The van der Waals surface area contributed by atoms with E-state index in [0.29, 0.717) is 24.2 Å². The third kappa shape index (κ3) is 5.16. The van der Waals surface area contributed by atoms with Crippen LogP contribution in [0.3, 0.4) is 0 Å². The molecular weight excluding hydrogens is 309 g/mol. The molecule has 0 unspecified atom stereocenters. The number of carbonyl (C=O) groups excluding carboxylic acids is 1. The van der Waals surface area contributed by atoms with Crippen LogP contribution in [0.1, 0.15) is 31.2 Å². The molecule has 1 amide bonds. The predicted molar refractivity (Wildman–Crippen MR) is 76.6 cm³/mol. The van der Waals surface area contributed by atoms with Crippen LogP contribution < -0.4 is 10.1 Å². The molecule has 0 radical (unpaired) electrons. The zero-order valence-electron chi connectivity index (χ0n) is 12.4. The molecule has 0 aromatic heterocycles. The van der Waals surface area contributed by atoms with Crippen LogP contribution in [0, 0.1) is 17.2 Å². The van der Waals surface area contributed by atoms with E-state index in [1.165, 1.54) is 0 Å². The molecule has 23 heavy (non-hydrogen) atoms. The Balaban J connectivity index is 1.79. The largest absolute Gasteiger partial charge is 0.484 e. The van der Waals surface area contributed by atoms with Crippen molar-refractivity contribution in [2.24, 2.45) is 5.92 Å². The highest BCUT2D eigenvalue weighted by molar-refractivity contribution is 5.77. The van der Waals surface area contributed by atoms with Crippen molar-refractivity contribution in [3.8, 4) is 11.8 Å². The third-order valence-electron chi connectivity index (χ3n) is 3.86. The molecular formula is C16H17F3N2O2. The summed E-state index contributed by atoms with van der Waals surface area (Å²) in [5.41, 5.74) is 0.474. The van der Waals surface area contributed by atoms with Crippen LogP contribution in [-0.2, 0) is 4.79 Å². The minimum Gasteiger partial charge on any atom is -0.484 e. The number of alkyl halides is 3. The third-order valence-corrected chi connectivity index (χ3v) is 3.86. The molecule has 124 valence electrons. The Morgan fingerprint density at radius 1 is 1.30 bits per heavy atom. The lowest BCUT2D eigenvalue weighted by Crippen LogP contribution is -2.43. The second-order valence-electron chi connectivity index (χ2n) is 5.59. The van der Waals surface area contributed by atoms with E-state index >= 15 is 0 Å². The second-order valence-corrected chi connectivity index (χ2v) is 5.59. The average Bonchev–Trinajstić information content (AvgIpc) is 2.53. The molecule has 2 atom stereocenters. The zero-order chi connectivity index (χ0) is 16.9. The van der Waals surface area contributed by atoms with Gasteiger partial charge in [-0.25, -0.2) is 0 Å². The van der Waals surface area contributed by atoms with Crippen molar-refractivity contribution >= 4 is 5.91 Å². The highest BCUT2D eigenvalue weighted by Gasteiger charge is 2.42. The Hall–Kier alpha value is -2.23. The average molecular weight is 326 g/mol. The van der Waals surface area contributed by atoms with Crippen molar-refractivity contribution in [2.75, 3.05) is 6.61 Å². The van der Waals surface area contributed by atoms with Crippen molar-refractivity contribution in [2.45, 2.75) is 37.9 Å². The minimum atomic E-state index is -4.21. The van der Waals surface area contributed by atoms with Crippen LogP contribution in [-0.4, -0.2) is 24.7 Å². The van der Waals surface area contributed by atoms with Gasteiger partial charge in [0.1, 0.15) is 5.75 Å². The summed E-state index contributed by atoms with van der Waals surface area (Å²) in [6, 6.07) is 7.74. The van der Waals surface area contributed by atoms with Crippen molar-refractivity contribution < 1.29 is 22.7 Å². The predicted octanol–water partition coefficient (Wildman–Crippen LogP) is 3.17. The van der Waals surface area contributed by atoms with E-state index in [0.717, 1.165) is 0 Å². The maximum atomic E-state index is 12.7. The number of nitrogens with zero attached hydrogens (tertiary/aromatic N) is 1. The van der Waals surface area contributed by atoms with Gasteiger partial charge >= 0.3 is 6.18 Å². The first-order chi connectivity index (χ1) is 10.9. The number of carbonyl (C=O) groups is 1. The topological polar surface area (TPSA) is 62.1 Å². The zero-order valence-corrected chi connectivity index (χ0v) is 12.4. The highest BCUT2D eigenvalue weighted by Crippen LogP contribution is 2.37. The molecule has 1 aliphatic rings. The molecule has 4 nitrogen and oxygen atoms in total. The Morgan fingerprint density at radius 2 is 2.00 bits per heavy atom. The van der Waals surface area contributed by atoms with Crippen molar-refractivity contribution in [1.29, 1.82) is 5.26 Å². The first-order valence-electron chi connectivity index (χ1n) is 7.37. The summed E-state index contributed by atoms with van der Waals surface area (Å²) in [5.74, 6) is -1.36. The van der Waals surface area contributed by atoms with E-state index in [-0.39, 0.29) is 19.4 Å². The Labute approximate surface area is 132 Å². The van der Waals surface area contributed by atoms with E-state index in [9.17, 15) is 18.0 Å². The number of hydrogen-bond acceptors (Lipinski definition) is 3. The number of amides is 1. The molecule has 2 rings (SSSR count). The summed E-state index contributed by atoms with van der Waals surface area (Å²) >= 11 is 0. The quantitative estimate of drug-likeness (QED) is 0.924. The molecule has 0 bridgehead atoms. The molecule has 0 aliphatic heterocycles. The van der Waals surface area contributed by atoms with Gasteiger partial charge in [0.2, 0.25) is 0 Å². The first kappa shape index (κ1) is 17.1. The fraction of sp³-hybridized carbons (Fsp3) is 0.500. The number of ether oxygens (including phenoxy) is 1. The number of nitrogens with one attached hydrogen (secondary N) is 1. The van der Waals surface area contributed by atoms with Crippen LogP contribution in [0.25, 0.3) is 0 Å². The van der Waals surface area contributed by atoms with E-state index in [4.69, 9.17) is 10.00 Å². The van der Waals surface area contributed by atoms with E-state index in [1.54, 1.807) is 24.3 Å². The summed E-state index contributed by atoms with van der Waals surface area (Å²) in [6.45, 7) is -0.265. The molecule has 1 fully saturated rings. The number of nitriles is 1. The van der Waals surface area contributed by atoms with Crippen LogP contribution >= 0.6 is 0 Å². The standard InChI is InChI=1S/C16H17F3N2O2/c17-16(18,19)12-2-1-3-13(8-12)21-15(22)10-23-14-6-4-11(9-20)5-7-14/h4-7,12-13H,1-3,8,10H2,(H,21,22)/t12-,13-/m0/s1. The van der Waals surface area contributed by atoms with Crippen molar-refractivity contribution in [1.82, 2.24) is 5.32 Å². The van der Waals surface area contributed by atoms with Gasteiger partial charge in [0.05, 0.1) is 17.6 Å². The summed E-state index contributed by atoms with van der Waals surface area (Å²) in [4.78, 5) is 11.8. The van der Waals surface area contributed by atoms with E-state index < -0.39 is 24.0 Å². The van der Waals surface area contributed by atoms with E-state index in [2.05, 4.69) is 5.32 Å². The molecule has 1 N–H and O–H groups in total. The molecule has 0 saturated heterocycles. The smallest absolute Gasteiger partial charge is 0.391 e. The lowest BCUT2D eigenvalue weighted by atomic mass is 9.85. The minimum absolute atomic E-state index is 0.0773. The summed E-state index contributed by atoms with van der Waals surface area (Å²) < 4.78 is 43.4. The van der Waals surface area contributed by atoms with Gasteiger partial charge in [0.25, 0.3) is 5.91 Å². The molecule has 1 aliphatic carbocycles. The molecule has 1 aromatic carbocycles. The van der Waals surface area contributed by atoms with Gasteiger partial charge in [-0.1, -0.05) is 6.42 Å². The number of rotatable bonds is 4. The number of hydrogen-bond donors (Lipinski definition) is 1. The lowest BCUT2D eigenvalue weighted by molar-refractivity contribution is -0.184. The number of halogens is 3. The molecule has 7 heteroatoms. The van der Waals surface area contributed by atoms with Crippen LogP contribution in [0.2, 0.25) is 0 Å². The van der Waals surface area contributed by atoms with E-state index in [1.807, 2.05) is 6.07 Å². The summed E-state index contributed by atoms with van der Waals surface area (Å²) in [6.07, 6.45) is -3.16. The van der Waals surface area contributed by atoms with Crippen molar-refractivity contribution in [3.63, 3.8) is 0 Å². The maximum absolute atomic E-state index is 12.7. The lowest BCUT2D eigenvalue weighted by Gasteiger charge is -2.30. The fourth-order valence-electron chi connectivity index (χ4n) is 2.66. The fourth-order valence-corrected chi connectivity index (χ4v) is 2.66. The van der Waals surface area contributed by atoms with Gasteiger partial charge in [0.15, 0.2) is 6.61 Å². The Bertz CT molecular complexity index is 578. The maximum Gasteiger partial charge on any atom is 0.391 e. The first-order valence-corrected chi connectivity index (χ1v) is 7.37. The molecule has 1 saturated carbocycles. The summed E-state index contributed by atoms with van der Waals surface area (Å²) in [5, 5.41) is 11.3. The number of benzene rings is 1. The van der Waals surface area contributed by atoms with Gasteiger partial charge in [-0.2, -0.15) is 18.4 Å². The van der Waals surface area contributed by atoms with Gasteiger partial charge in [0, 0.05) is 6.04 Å². The summed E-state index contributed by atoms with van der Waals surface area (Å²) in [7, 11) is 0. The van der Waals surface area contributed by atoms with Gasteiger partial charge in [-0.3, -0.25) is 4.79 Å². The van der Waals surface area contributed by atoms with Crippen LogP contribution in [0.5, 0.6) is 5.75 Å². The normalized spacial score (nSPS) is 21.3. The molecule has 1 aromatic rings. The molecule has 0 heterocycles. The Morgan fingerprint density at radius 3 is 2.61 bits per heavy atom. The van der Waals surface area contributed by atoms with Crippen molar-refractivity contribution in [3.05, 3.63) is 29.8 Å². The van der Waals surface area contributed by atoms with Crippen LogP contribution in [0.15, 0.2) is 24.3 Å². The molecule has 0 spiro atoms. The monoisotopic (exact) mass is 326 g/mol. The van der Waals surface area contributed by atoms with Gasteiger partial charge in [-0.05, 0) is 43.5 Å².